The number of carbonyl (C=O) groups excluding carboxylic acids is 1. The molecule has 0 saturated heterocycles. The molecule has 0 saturated carbocycles. The quantitative estimate of drug-likeness (QED) is 0.783. The third-order valence-electron chi connectivity index (χ3n) is 2.86. The van der Waals surface area contributed by atoms with Gasteiger partial charge in [-0.25, -0.2) is 4.79 Å². The Kier molecular flexibility index (Phi) is 5.92. The number of nitrogens with zero attached hydrogens (tertiary/aromatic N) is 1. The first kappa shape index (κ1) is 17.5. The Bertz CT molecular complexity index is 773. The van der Waals surface area contributed by atoms with Gasteiger partial charge in [-0.2, -0.15) is 0 Å². The minimum absolute atomic E-state index is 0.133. The van der Waals surface area contributed by atoms with Crippen LogP contribution < -0.4 is 10.1 Å². The first-order valence-electron chi connectivity index (χ1n) is 7.00. The van der Waals surface area contributed by atoms with E-state index in [9.17, 15) is 9.59 Å². The van der Waals surface area contributed by atoms with Gasteiger partial charge in [-0.1, -0.05) is 11.6 Å². The SMILES string of the molecule is CC(=O)Nc1ccc(N=Cc2ccc(OCC(=O)O)c(Cl)c2)cc1. The Balaban J connectivity index is 2.04. The molecule has 1 amide bonds. The molecular weight excluding hydrogens is 332 g/mol. The standard InChI is InChI=1S/C17H15ClN2O4/c1-11(21)20-14-5-3-13(4-6-14)19-9-12-2-7-16(15(18)8-12)24-10-17(22)23/h2-9H,10H2,1H3,(H,20,21)(H,22,23). The van der Waals surface area contributed by atoms with Crippen molar-refractivity contribution in [1.29, 1.82) is 0 Å². The maximum absolute atomic E-state index is 11.0. The molecule has 0 spiro atoms. The molecule has 124 valence electrons. The zero-order chi connectivity index (χ0) is 17.5. The predicted molar refractivity (Wildman–Crippen MR) is 92.6 cm³/mol. The van der Waals surface area contributed by atoms with Crippen LogP contribution in [0.4, 0.5) is 11.4 Å². The lowest BCUT2D eigenvalue weighted by Crippen LogP contribution is -2.09. The molecule has 0 aromatic heterocycles. The molecule has 2 N–H and O–H groups in total. The number of aliphatic carboxylic acids is 1. The molecule has 0 aliphatic heterocycles. The van der Waals surface area contributed by atoms with Crippen LogP contribution in [0.15, 0.2) is 47.5 Å². The second kappa shape index (κ2) is 8.12. The van der Waals surface area contributed by atoms with Crippen LogP contribution >= 0.6 is 11.6 Å². The van der Waals surface area contributed by atoms with Crippen molar-refractivity contribution in [3.8, 4) is 5.75 Å². The molecule has 2 rings (SSSR count). The number of aliphatic imine (C=N–C) groups is 1. The highest BCUT2D eigenvalue weighted by Gasteiger charge is 2.05. The molecule has 6 nitrogen and oxygen atoms in total. The van der Waals surface area contributed by atoms with E-state index in [4.69, 9.17) is 21.4 Å². The number of hydrogen-bond acceptors (Lipinski definition) is 4. The zero-order valence-corrected chi connectivity index (χ0v) is 13.6. The fourth-order valence-electron chi connectivity index (χ4n) is 1.84. The number of amides is 1. The van der Waals surface area contributed by atoms with Crippen molar-refractivity contribution in [2.24, 2.45) is 4.99 Å². The van der Waals surface area contributed by atoms with E-state index < -0.39 is 12.6 Å². The van der Waals surface area contributed by atoms with Crippen LogP contribution in [0.1, 0.15) is 12.5 Å². The number of nitrogens with one attached hydrogen (secondary N) is 1. The second-order valence-corrected chi connectivity index (χ2v) is 5.27. The topological polar surface area (TPSA) is 88.0 Å². The zero-order valence-electron chi connectivity index (χ0n) is 12.8. The maximum atomic E-state index is 11.0. The molecule has 7 heteroatoms. The van der Waals surface area contributed by atoms with Gasteiger partial charge in [0.1, 0.15) is 5.75 Å². The summed E-state index contributed by atoms with van der Waals surface area (Å²) in [6, 6.07) is 12.0. The first-order chi connectivity index (χ1) is 11.4. The van der Waals surface area contributed by atoms with Gasteiger partial charge in [0.15, 0.2) is 6.61 Å². The number of hydrogen-bond donors (Lipinski definition) is 2. The molecule has 0 aliphatic rings. The molecule has 0 bridgehead atoms. The van der Waals surface area contributed by atoms with Crippen molar-refractivity contribution in [2.45, 2.75) is 6.92 Å². The van der Waals surface area contributed by atoms with Crippen molar-refractivity contribution in [2.75, 3.05) is 11.9 Å². The van der Waals surface area contributed by atoms with Crippen molar-refractivity contribution < 1.29 is 19.4 Å². The molecular formula is C17H15ClN2O4. The van der Waals surface area contributed by atoms with Crippen molar-refractivity contribution >= 4 is 41.1 Å². The lowest BCUT2D eigenvalue weighted by atomic mass is 10.2. The van der Waals surface area contributed by atoms with E-state index in [1.54, 1.807) is 48.7 Å². The van der Waals surface area contributed by atoms with Gasteiger partial charge in [0.25, 0.3) is 0 Å². The average Bonchev–Trinajstić information content (AvgIpc) is 2.52. The van der Waals surface area contributed by atoms with E-state index in [1.165, 1.54) is 6.92 Å². The minimum Gasteiger partial charge on any atom is -0.480 e. The van der Waals surface area contributed by atoms with Crippen LogP contribution in [0.2, 0.25) is 5.02 Å². The van der Waals surface area contributed by atoms with Gasteiger partial charge in [0, 0.05) is 18.8 Å². The second-order valence-electron chi connectivity index (χ2n) is 4.86. The largest absolute Gasteiger partial charge is 0.480 e. The van der Waals surface area contributed by atoms with E-state index in [0.717, 1.165) is 5.56 Å². The first-order valence-corrected chi connectivity index (χ1v) is 7.38. The van der Waals surface area contributed by atoms with Crippen LogP contribution in [-0.4, -0.2) is 29.8 Å². The number of ether oxygens (including phenoxy) is 1. The van der Waals surface area contributed by atoms with Crippen LogP contribution in [0.3, 0.4) is 0 Å². The summed E-state index contributed by atoms with van der Waals surface area (Å²) in [6.07, 6.45) is 1.63. The van der Waals surface area contributed by atoms with Crippen molar-refractivity contribution in [1.82, 2.24) is 0 Å². The summed E-state index contributed by atoms with van der Waals surface area (Å²) in [7, 11) is 0. The molecule has 24 heavy (non-hydrogen) atoms. The van der Waals surface area contributed by atoms with Crippen LogP contribution in [0.5, 0.6) is 5.75 Å². The van der Waals surface area contributed by atoms with Gasteiger partial charge >= 0.3 is 5.97 Å². The molecule has 0 fully saturated rings. The predicted octanol–water partition coefficient (Wildman–Crippen LogP) is 3.51. The third kappa shape index (κ3) is 5.40. The lowest BCUT2D eigenvalue weighted by Gasteiger charge is -2.06. The van der Waals surface area contributed by atoms with Gasteiger partial charge in [-0.15, -0.1) is 0 Å². The maximum Gasteiger partial charge on any atom is 0.341 e. The normalized spacial score (nSPS) is 10.6. The molecule has 0 radical (unpaired) electrons. The van der Waals surface area contributed by atoms with Gasteiger partial charge < -0.3 is 15.2 Å². The van der Waals surface area contributed by atoms with E-state index in [1.807, 2.05) is 0 Å². The summed E-state index contributed by atoms with van der Waals surface area (Å²) in [6.45, 7) is 0.993. The minimum atomic E-state index is -1.07. The summed E-state index contributed by atoms with van der Waals surface area (Å²) in [4.78, 5) is 25.7. The van der Waals surface area contributed by atoms with E-state index >= 15 is 0 Å². The highest BCUT2D eigenvalue weighted by molar-refractivity contribution is 6.32. The van der Waals surface area contributed by atoms with Crippen LogP contribution in [0.25, 0.3) is 0 Å². The molecule has 0 unspecified atom stereocenters. The Morgan fingerprint density at radius 2 is 1.96 bits per heavy atom. The van der Waals surface area contributed by atoms with E-state index in [2.05, 4.69) is 10.3 Å². The van der Waals surface area contributed by atoms with Gasteiger partial charge in [-0.05, 0) is 48.0 Å². The number of anilines is 1. The number of carboxylic acids is 1. The van der Waals surface area contributed by atoms with E-state index in [0.29, 0.717) is 22.1 Å². The Morgan fingerprint density at radius 3 is 2.54 bits per heavy atom. The Labute approximate surface area is 143 Å². The van der Waals surface area contributed by atoms with Gasteiger partial charge in [0.2, 0.25) is 5.91 Å². The smallest absolute Gasteiger partial charge is 0.341 e. The van der Waals surface area contributed by atoms with Crippen LogP contribution in [0, 0.1) is 0 Å². The van der Waals surface area contributed by atoms with Gasteiger partial charge in [0.05, 0.1) is 10.7 Å². The fraction of sp³-hybridized carbons (Fsp3) is 0.118. The summed E-state index contributed by atoms with van der Waals surface area (Å²) < 4.78 is 5.05. The monoisotopic (exact) mass is 346 g/mol. The summed E-state index contributed by atoms with van der Waals surface area (Å²) >= 11 is 6.04. The number of carbonyl (C=O) groups is 2. The summed E-state index contributed by atoms with van der Waals surface area (Å²) in [5.41, 5.74) is 2.16. The summed E-state index contributed by atoms with van der Waals surface area (Å²) in [5.74, 6) is -0.901. The Hall–Kier alpha value is -2.86. The highest BCUT2D eigenvalue weighted by Crippen LogP contribution is 2.25. The van der Waals surface area contributed by atoms with Crippen molar-refractivity contribution in [3.05, 3.63) is 53.1 Å². The molecule has 2 aromatic carbocycles. The highest BCUT2D eigenvalue weighted by atomic mass is 35.5. The molecule has 0 heterocycles. The number of halogens is 1. The van der Waals surface area contributed by atoms with E-state index in [-0.39, 0.29) is 5.91 Å². The molecule has 0 aliphatic carbocycles. The van der Waals surface area contributed by atoms with Crippen LogP contribution in [-0.2, 0) is 9.59 Å². The number of rotatable bonds is 6. The lowest BCUT2D eigenvalue weighted by molar-refractivity contribution is -0.139. The average molecular weight is 347 g/mol. The third-order valence-corrected chi connectivity index (χ3v) is 3.15. The summed E-state index contributed by atoms with van der Waals surface area (Å²) in [5, 5.41) is 11.6. The number of carboxylic acid groups (broad SMARTS) is 1. The molecule has 2 aromatic rings. The number of benzene rings is 2. The fourth-order valence-corrected chi connectivity index (χ4v) is 2.08. The molecule has 0 atom stereocenters. The Morgan fingerprint density at radius 1 is 1.25 bits per heavy atom. The van der Waals surface area contributed by atoms with Gasteiger partial charge in [-0.3, -0.25) is 9.79 Å². The van der Waals surface area contributed by atoms with Crippen molar-refractivity contribution in [3.63, 3.8) is 0 Å².